The van der Waals surface area contributed by atoms with Crippen molar-refractivity contribution in [3.8, 4) is 11.6 Å². The van der Waals surface area contributed by atoms with Gasteiger partial charge in [0, 0.05) is 0 Å². The highest BCUT2D eigenvalue weighted by atomic mass is 32.2. The number of unbranched alkanes of at least 4 members (excludes halogenated alkanes) is 4. The van der Waals surface area contributed by atoms with Gasteiger partial charge in [0.2, 0.25) is 5.88 Å². The van der Waals surface area contributed by atoms with E-state index in [2.05, 4.69) is 25.8 Å². The lowest BCUT2D eigenvalue weighted by atomic mass is 10.1. The monoisotopic (exact) mass is 418 g/mol. The Morgan fingerprint density at radius 1 is 1.03 bits per heavy atom. The van der Waals surface area contributed by atoms with Crippen LogP contribution in [-0.2, 0) is 6.42 Å². The van der Waals surface area contributed by atoms with Gasteiger partial charge in [0.25, 0.3) is 5.56 Å². The SMILES string of the molecule is CCCCCCCc1c(O)nc(SCC[NH+](CC)CC)n(-c2ccccc2)c1=O. The van der Waals surface area contributed by atoms with Crippen molar-refractivity contribution in [1.82, 2.24) is 9.55 Å². The first-order valence-electron chi connectivity index (χ1n) is 11.0. The zero-order valence-electron chi connectivity index (χ0n) is 18.1. The van der Waals surface area contributed by atoms with Crippen LogP contribution >= 0.6 is 11.8 Å². The molecule has 0 saturated heterocycles. The lowest BCUT2D eigenvalue weighted by Gasteiger charge is -2.17. The molecule has 0 aliphatic heterocycles. The smallest absolute Gasteiger partial charge is 0.265 e. The lowest BCUT2D eigenvalue weighted by molar-refractivity contribution is -0.893. The fraction of sp³-hybridized carbons (Fsp3) is 0.565. The number of nitrogens with one attached hydrogen (secondary N) is 1. The second-order valence-electron chi connectivity index (χ2n) is 7.39. The first kappa shape index (κ1) is 23.5. The van der Waals surface area contributed by atoms with Crippen LogP contribution in [0.2, 0.25) is 0 Å². The number of benzene rings is 1. The summed E-state index contributed by atoms with van der Waals surface area (Å²) in [7, 11) is 0. The molecular weight excluding hydrogens is 382 g/mol. The third-order valence-electron chi connectivity index (χ3n) is 5.36. The molecule has 0 fully saturated rings. The van der Waals surface area contributed by atoms with E-state index in [1.165, 1.54) is 24.2 Å². The maximum absolute atomic E-state index is 13.3. The molecule has 6 heteroatoms. The van der Waals surface area contributed by atoms with Gasteiger partial charge in [0.05, 0.1) is 36.6 Å². The van der Waals surface area contributed by atoms with Crippen LogP contribution in [0.15, 0.2) is 40.3 Å². The fourth-order valence-electron chi connectivity index (χ4n) is 3.44. The molecule has 29 heavy (non-hydrogen) atoms. The zero-order chi connectivity index (χ0) is 21.1. The molecule has 0 unspecified atom stereocenters. The molecule has 2 N–H and O–H groups in total. The lowest BCUT2D eigenvalue weighted by Crippen LogP contribution is -3.11. The number of aromatic nitrogens is 2. The summed E-state index contributed by atoms with van der Waals surface area (Å²) in [5, 5.41) is 11.1. The summed E-state index contributed by atoms with van der Waals surface area (Å²) in [6.45, 7) is 9.72. The molecule has 0 bridgehead atoms. The molecule has 0 aliphatic carbocycles. The van der Waals surface area contributed by atoms with Crippen LogP contribution < -0.4 is 10.5 Å². The molecule has 0 spiro atoms. The van der Waals surface area contributed by atoms with Gasteiger partial charge in [-0.25, -0.2) is 0 Å². The maximum atomic E-state index is 13.3. The Morgan fingerprint density at radius 2 is 1.72 bits per heavy atom. The molecule has 0 aliphatic rings. The molecule has 1 aromatic heterocycles. The van der Waals surface area contributed by atoms with Crippen molar-refractivity contribution in [1.29, 1.82) is 0 Å². The van der Waals surface area contributed by atoms with Crippen LogP contribution in [0.25, 0.3) is 5.69 Å². The van der Waals surface area contributed by atoms with Gasteiger partial charge in [0.1, 0.15) is 0 Å². The van der Waals surface area contributed by atoms with E-state index in [-0.39, 0.29) is 11.4 Å². The van der Waals surface area contributed by atoms with E-state index < -0.39 is 0 Å². The van der Waals surface area contributed by atoms with Gasteiger partial charge in [-0.3, -0.25) is 9.36 Å². The van der Waals surface area contributed by atoms with E-state index in [0.717, 1.165) is 43.9 Å². The maximum Gasteiger partial charge on any atom is 0.265 e. The van der Waals surface area contributed by atoms with Crippen LogP contribution in [0.1, 0.15) is 58.4 Å². The van der Waals surface area contributed by atoms with Gasteiger partial charge in [0.15, 0.2) is 5.16 Å². The molecule has 2 aromatic rings. The third-order valence-corrected chi connectivity index (χ3v) is 6.30. The minimum absolute atomic E-state index is 0.102. The average molecular weight is 419 g/mol. The number of hydrogen-bond donors (Lipinski definition) is 2. The van der Waals surface area contributed by atoms with E-state index in [1.54, 1.807) is 16.3 Å². The van der Waals surface area contributed by atoms with Crippen molar-refractivity contribution >= 4 is 11.8 Å². The molecule has 1 aromatic carbocycles. The van der Waals surface area contributed by atoms with Crippen LogP contribution in [0.3, 0.4) is 0 Å². The molecule has 1 heterocycles. The molecule has 160 valence electrons. The molecule has 0 atom stereocenters. The standard InChI is InChI=1S/C23H35N3O2S/c1-4-7-8-9-13-16-20-21(27)24-23(29-18-17-25(5-2)6-3)26(22(20)28)19-14-11-10-12-15-19/h10-12,14-15,27H,4-9,13,16-18H2,1-3H3/p+1. The minimum atomic E-state index is -0.142. The molecule has 5 nitrogen and oxygen atoms in total. The molecule has 0 radical (unpaired) electrons. The minimum Gasteiger partial charge on any atom is -0.493 e. The quantitative estimate of drug-likeness (QED) is 0.297. The van der Waals surface area contributed by atoms with Crippen molar-refractivity contribution in [3.63, 3.8) is 0 Å². The van der Waals surface area contributed by atoms with Crippen molar-refractivity contribution in [2.45, 2.75) is 64.5 Å². The number of aromatic hydroxyl groups is 1. The van der Waals surface area contributed by atoms with Crippen molar-refractivity contribution in [3.05, 3.63) is 46.2 Å². The third kappa shape index (κ3) is 6.89. The predicted molar refractivity (Wildman–Crippen MR) is 122 cm³/mol. The predicted octanol–water partition coefficient (Wildman–Crippen LogP) is 3.47. The fourth-order valence-corrected chi connectivity index (χ4v) is 4.48. The van der Waals surface area contributed by atoms with Crippen molar-refractivity contribution in [2.75, 3.05) is 25.4 Å². The molecular formula is C23H36N3O2S+. The Kier molecular flexibility index (Phi) is 10.3. The highest BCUT2D eigenvalue weighted by molar-refractivity contribution is 7.99. The van der Waals surface area contributed by atoms with E-state index in [1.807, 2.05) is 30.3 Å². The van der Waals surface area contributed by atoms with Gasteiger partial charge >= 0.3 is 0 Å². The number of para-hydroxylation sites is 1. The average Bonchev–Trinajstić information content (AvgIpc) is 2.73. The topological polar surface area (TPSA) is 59.6 Å². The van der Waals surface area contributed by atoms with E-state index in [4.69, 9.17) is 0 Å². The van der Waals surface area contributed by atoms with Crippen molar-refractivity contribution < 1.29 is 10.0 Å². The first-order chi connectivity index (χ1) is 14.1. The van der Waals surface area contributed by atoms with Crippen LogP contribution in [-0.4, -0.2) is 40.0 Å². The summed E-state index contributed by atoms with van der Waals surface area (Å²) in [5.41, 5.74) is 1.09. The van der Waals surface area contributed by atoms with E-state index in [0.29, 0.717) is 17.1 Å². The normalized spacial score (nSPS) is 11.3. The van der Waals surface area contributed by atoms with E-state index in [9.17, 15) is 9.90 Å². The Balaban J connectivity index is 2.27. The Labute approximate surface area is 179 Å². The second kappa shape index (κ2) is 12.7. The Bertz CT molecular complexity index is 789. The molecule has 2 rings (SSSR count). The highest BCUT2D eigenvalue weighted by Crippen LogP contribution is 2.23. The van der Waals surface area contributed by atoms with Crippen molar-refractivity contribution in [2.24, 2.45) is 0 Å². The number of quaternary nitrogens is 1. The summed E-state index contributed by atoms with van der Waals surface area (Å²) in [6, 6.07) is 9.63. The summed E-state index contributed by atoms with van der Waals surface area (Å²) < 4.78 is 1.67. The summed E-state index contributed by atoms with van der Waals surface area (Å²) in [5.74, 6) is 0.752. The van der Waals surface area contributed by atoms with Gasteiger partial charge in [-0.2, -0.15) is 4.98 Å². The largest absolute Gasteiger partial charge is 0.493 e. The number of hydrogen-bond acceptors (Lipinski definition) is 4. The zero-order valence-corrected chi connectivity index (χ0v) is 18.9. The number of rotatable bonds is 13. The van der Waals surface area contributed by atoms with Crippen LogP contribution in [0, 0.1) is 0 Å². The van der Waals surface area contributed by atoms with Crippen LogP contribution in [0.5, 0.6) is 5.88 Å². The van der Waals surface area contributed by atoms with Gasteiger partial charge in [-0.05, 0) is 38.8 Å². The van der Waals surface area contributed by atoms with Gasteiger partial charge < -0.3 is 10.0 Å². The summed E-state index contributed by atoms with van der Waals surface area (Å²) in [6.07, 6.45) is 6.11. The Hall–Kier alpha value is -1.79. The molecule has 0 saturated carbocycles. The summed E-state index contributed by atoms with van der Waals surface area (Å²) >= 11 is 1.54. The van der Waals surface area contributed by atoms with Gasteiger partial charge in [-0.1, -0.05) is 62.6 Å². The second-order valence-corrected chi connectivity index (χ2v) is 8.45. The van der Waals surface area contributed by atoms with Gasteiger partial charge in [-0.15, -0.1) is 0 Å². The Morgan fingerprint density at radius 3 is 2.38 bits per heavy atom. The highest BCUT2D eigenvalue weighted by Gasteiger charge is 2.18. The number of thioether (sulfide) groups is 1. The first-order valence-corrected chi connectivity index (χ1v) is 12.0. The number of nitrogens with zero attached hydrogens (tertiary/aromatic N) is 2. The van der Waals surface area contributed by atoms with Crippen LogP contribution in [0.4, 0.5) is 0 Å². The van der Waals surface area contributed by atoms with E-state index >= 15 is 0 Å². The molecule has 0 amide bonds. The summed E-state index contributed by atoms with van der Waals surface area (Å²) in [4.78, 5) is 19.2.